The second-order valence-corrected chi connectivity index (χ2v) is 3.63. The van der Waals surface area contributed by atoms with E-state index in [4.69, 9.17) is 10.5 Å². The van der Waals surface area contributed by atoms with E-state index in [0.29, 0.717) is 18.8 Å². The lowest BCUT2D eigenvalue weighted by atomic mass is 10.3. The van der Waals surface area contributed by atoms with Gasteiger partial charge >= 0.3 is 0 Å². The molecule has 2 rings (SSSR count). The Morgan fingerprint density at radius 3 is 2.94 bits per heavy atom. The maximum Gasteiger partial charge on any atom is 0.180 e. The number of pyridine rings is 1. The lowest BCUT2D eigenvalue weighted by Gasteiger charge is -2.16. The van der Waals surface area contributed by atoms with Crippen molar-refractivity contribution in [3.8, 4) is 0 Å². The molecule has 0 spiro atoms. The first-order valence-corrected chi connectivity index (χ1v) is 5.37. The minimum atomic E-state index is 0.0432. The number of nitrogens with two attached hydrogens (primary N) is 1. The summed E-state index contributed by atoms with van der Waals surface area (Å²) in [6.07, 6.45) is 3.26. The van der Waals surface area contributed by atoms with Gasteiger partial charge in [-0.15, -0.1) is 0 Å². The third kappa shape index (κ3) is 2.86. The number of hydrogen-bond acceptors (Lipinski definition) is 6. The summed E-state index contributed by atoms with van der Waals surface area (Å²) in [6.45, 7) is 1.02. The highest BCUT2D eigenvalue weighted by molar-refractivity contribution is 5.71. The SMILES string of the molecule is COCC(CN)Nc1ccc2nccnc2n1. The van der Waals surface area contributed by atoms with Crippen LogP contribution in [0.3, 0.4) is 0 Å². The standard InChI is InChI=1S/C11H15N5O/c1-17-7-8(6-12)15-10-3-2-9-11(16-10)14-5-4-13-9/h2-5,8H,6-7,12H2,1H3,(H,14,15,16). The second-order valence-electron chi connectivity index (χ2n) is 3.63. The van der Waals surface area contributed by atoms with E-state index in [2.05, 4.69) is 20.3 Å². The van der Waals surface area contributed by atoms with Gasteiger partial charge in [0.05, 0.1) is 12.6 Å². The molecule has 0 aliphatic rings. The first kappa shape index (κ1) is 11.7. The summed E-state index contributed by atoms with van der Waals surface area (Å²) in [5.41, 5.74) is 7.01. The quantitative estimate of drug-likeness (QED) is 0.778. The number of aromatic nitrogens is 3. The number of nitrogens with one attached hydrogen (secondary N) is 1. The van der Waals surface area contributed by atoms with E-state index in [0.717, 1.165) is 11.3 Å². The number of ether oxygens (including phenoxy) is 1. The molecule has 0 fully saturated rings. The van der Waals surface area contributed by atoms with Gasteiger partial charge in [0.1, 0.15) is 11.3 Å². The fourth-order valence-electron chi connectivity index (χ4n) is 1.51. The van der Waals surface area contributed by atoms with Gasteiger partial charge in [0.15, 0.2) is 5.65 Å². The average molecular weight is 233 g/mol. The Morgan fingerprint density at radius 1 is 1.35 bits per heavy atom. The van der Waals surface area contributed by atoms with E-state index >= 15 is 0 Å². The number of rotatable bonds is 5. The summed E-state index contributed by atoms with van der Waals surface area (Å²) < 4.78 is 5.06. The molecule has 6 nitrogen and oxygen atoms in total. The summed E-state index contributed by atoms with van der Waals surface area (Å²) in [4.78, 5) is 12.7. The molecule has 0 saturated carbocycles. The van der Waals surface area contributed by atoms with Gasteiger partial charge in [0.2, 0.25) is 0 Å². The Labute approximate surface area is 99.2 Å². The zero-order chi connectivity index (χ0) is 12.1. The highest BCUT2D eigenvalue weighted by Crippen LogP contribution is 2.10. The van der Waals surface area contributed by atoms with Crippen molar-refractivity contribution >= 4 is 17.0 Å². The molecule has 3 N–H and O–H groups in total. The zero-order valence-electron chi connectivity index (χ0n) is 9.63. The van der Waals surface area contributed by atoms with E-state index < -0.39 is 0 Å². The van der Waals surface area contributed by atoms with Crippen LogP contribution in [0.25, 0.3) is 11.2 Å². The summed E-state index contributed by atoms with van der Waals surface area (Å²) >= 11 is 0. The third-order valence-corrected chi connectivity index (χ3v) is 2.34. The second kappa shape index (κ2) is 5.51. The van der Waals surface area contributed by atoms with Crippen LogP contribution in [0, 0.1) is 0 Å². The van der Waals surface area contributed by atoms with Crippen molar-refractivity contribution in [2.45, 2.75) is 6.04 Å². The summed E-state index contributed by atoms with van der Waals surface area (Å²) in [5, 5.41) is 3.19. The molecular formula is C11H15N5O. The lowest BCUT2D eigenvalue weighted by Crippen LogP contribution is -2.33. The number of fused-ring (bicyclic) bond motifs is 1. The molecule has 17 heavy (non-hydrogen) atoms. The normalized spacial score (nSPS) is 12.6. The van der Waals surface area contributed by atoms with Gasteiger partial charge in [0.25, 0.3) is 0 Å². The maximum atomic E-state index is 5.62. The number of nitrogens with zero attached hydrogens (tertiary/aromatic N) is 3. The van der Waals surface area contributed by atoms with Gasteiger partial charge in [-0.3, -0.25) is 4.98 Å². The molecule has 2 aromatic heterocycles. The van der Waals surface area contributed by atoms with E-state index in [-0.39, 0.29) is 6.04 Å². The van der Waals surface area contributed by atoms with Crippen molar-refractivity contribution in [1.29, 1.82) is 0 Å². The van der Waals surface area contributed by atoms with Crippen LogP contribution in [0.1, 0.15) is 0 Å². The average Bonchev–Trinajstić information content (AvgIpc) is 2.38. The van der Waals surface area contributed by atoms with Gasteiger partial charge in [0, 0.05) is 26.0 Å². The number of hydrogen-bond donors (Lipinski definition) is 2. The van der Waals surface area contributed by atoms with Crippen LogP contribution in [0.4, 0.5) is 5.82 Å². The van der Waals surface area contributed by atoms with Crippen LogP contribution >= 0.6 is 0 Å². The van der Waals surface area contributed by atoms with E-state index in [9.17, 15) is 0 Å². The Morgan fingerprint density at radius 2 is 2.18 bits per heavy atom. The number of anilines is 1. The fraction of sp³-hybridized carbons (Fsp3) is 0.364. The fourth-order valence-corrected chi connectivity index (χ4v) is 1.51. The molecule has 0 amide bonds. The summed E-state index contributed by atoms with van der Waals surface area (Å²) in [5.74, 6) is 0.727. The van der Waals surface area contributed by atoms with Crippen LogP contribution in [0.2, 0.25) is 0 Å². The highest BCUT2D eigenvalue weighted by atomic mass is 16.5. The maximum absolute atomic E-state index is 5.62. The zero-order valence-corrected chi connectivity index (χ0v) is 9.63. The van der Waals surface area contributed by atoms with Gasteiger partial charge in [-0.1, -0.05) is 0 Å². The number of methoxy groups -OCH3 is 1. The molecule has 0 aromatic carbocycles. The van der Waals surface area contributed by atoms with Crippen molar-refractivity contribution in [1.82, 2.24) is 15.0 Å². The Bertz CT molecular complexity index is 490. The van der Waals surface area contributed by atoms with Gasteiger partial charge < -0.3 is 15.8 Å². The minimum absolute atomic E-state index is 0.0432. The van der Waals surface area contributed by atoms with Crippen LogP contribution in [-0.2, 0) is 4.74 Å². The van der Waals surface area contributed by atoms with E-state index in [1.807, 2.05) is 12.1 Å². The molecule has 2 aromatic rings. The predicted octanol–water partition coefficient (Wildman–Crippen LogP) is 0.410. The molecule has 0 saturated heterocycles. The van der Waals surface area contributed by atoms with Crippen molar-refractivity contribution in [2.24, 2.45) is 5.73 Å². The molecule has 0 aliphatic heterocycles. The summed E-state index contributed by atoms with van der Waals surface area (Å²) in [6, 6.07) is 3.77. The lowest BCUT2D eigenvalue weighted by molar-refractivity contribution is 0.187. The van der Waals surface area contributed by atoms with Crippen LogP contribution in [0.15, 0.2) is 24.5 Å². The van der Waals surface area contributed by atoms with E-state index in [1.165, 1.54) is 0 Å². The van der Waals surface area contributed by atoms with Crippen molar-refractivity contribution < 1.29 is 4.74 Å². The third-order valence-electron chi connectivity index (χ3n) is 2.34. The van der Waals surface area contributed by atoms with Crippen LogP contribution in [0.5, 0.6) is 0 Å². The first-order valence-electron chi connectivity index (χ1n) is 5.37. The molecular weight excluding hydrogens is 218 g/mol. The Hall–Kier alpha value is -1.79. The molecule has 90 valence electrons. The minimum Gasteiger partial charge on any atom is -0.383 e. The molecule has 2 heterocycles. The molecule has 6 heteroatoms. The molecule has 0 radical (unpaired) electrons. The van der Waals surface area contributed by atoms with Gasteiger partial charge in [-0.2, -0.15) is 0 Å². The van der Waals surface area contributed by atoms with Crippen molar-refractivity contribution in [3.63, 3.8) is 0 Å². The first-order chi connectivity index (χ1) is 8.33. The molecule has 0 aliphatic carbocycles. The topological polar surface area (TPSA) is 86.0 Å². The molecule has 0 bridgehead atoms. The smallest absolute Gasteiger partial charge is 0.180 e. The largest absolute Gasteiger partial charge is 0.383 e. The Balaban J connectivity index is 2.18. The van der Waals surface area contributed by atoms with Crippen LogP contribution < -0.4 is 11.1 Å². The Kier molecular flexibility index (Phi) is 3.79. The van der Waals surface area contributed by atoms with Crippen LogP contribution in [-0.4, -0.2) is 41.3 Å². The predicted molar refractivity (Wildman–Crippen MR) is 65.7 cm³/mol. The van der Waals surface area contributed by atoms with Crippen molar-refractivity contribution in [3.05, 3.63) is 24.5 Å². The summed E-state index contributed by atoms with van der Waals surface area (Å²) in [7, 11) is 1.64. The van der Waals surface area contributed by atoms with Gasteiger partial charge in [-0.25, -0.2) is 9.97 Å². The van der Waals surface area contributed by atoms with Crippen molar-refractivity contribution in [2.75, 3.05) is 25.6 Å². The molecule has 1 atom stereocenters. The highest BCUT2D eigenvalue weighted by Gasteiger charge is 2.07. The van der Waals surface area contributed by atoms with Gasteiger partial charge in [-0.05, 0) is 12.1 Å². The monoisotopic (exact) mass is 233 g/mol. The van der Waals surface area contributed by atoms with E-state index in [1.54, 1.807) is 19.5 Å². The molecule has 1 unspecified atom stereocenters.